The summed E-state index contributed by atoms with van der Waals surface area (Å²) >= 11 is 0. The van der Waals surface area contributed by atoms with Gasteiger partial charge in [-0.2, -0.15) is 0 Å². The zero-order valence-electron chi connectivity index (χ0n) is 14.7. The SMILES string of the molecule is COC(=O)[C@@H](Cc1ccc(C)cc1)NC(=O)c1cccc2cccnc12. The standard InChI is InChI=1S/C21H20N2O3/c1-14-8-10-15(11-9-14)13-18(21(25)26-2)23-20(24)17-7-3-5-16-6-4-12-22-19(16)17/h3-12,18H,13H2,1-2H3,(H,23,24)/t18-/m1/s1. The molecule has 1 atom stereocenters. The lowest BCUT2D eigenvalue weighted by Gasteiger charge is -2.17. The molecule has 5 heteroatoms. The molecule has 0 saturated carbocycles. The minimum atomic E-state index is -0.769. The Bertz CT molecular complexity index is 930. The van der Waals surface area contributed by atoms with E-state index >= 15 is 0 Å². The molecule has 1 amide bonds. The first kappa shape index (κ1) is 17.6. The van der Waals surface area contributed by atoms with E-state index in [1.807, 2.05) is 49.4 Å². The maximum Gasteiger partial charge on any atom is 0.328 e. The number of carbonyl (C=O) groups is 2. The van der Waals surface area contributed by atoms with Crippen LogP contribution in [0, 0.1) is 6.92 Å². The first-order chi connectivity index (χ1) is 12.6. The Morgan fingerprint density at radius 1 is 1.08 bits per heavy atom. The van der Waals surface area contributed by atoms with Crippen LogP contribution in [0.2, 0.25) is 0 Å². The second-order valence-electron chi connectivity index (χ2n) is 6.12. The lowest BCUT2D eigenvalue weighted by Crippen LogP contribution is -2.43. The Morgan fingerprint density at radius 3 is 2.54 bits per heavy atom. The van der Waals surface area contributed by atoms with Crippen molar-refractivity contribution in [2.75, 3.05) is 7.11 Å². The number of ether oxygens (including phenoxy) is 1. The van der Waals surface area contributed by atoms with E-state index in [9.17, 15) is 9.59 Å². The van der Waals surface area contributed by atoms with E-state index in [4.69, 9.17) is 4.74 Å². The van der Waals surface area contributed by atoms with Crippen molar-refractivity contribution in [2.24, 2.45) is 0 Å². The maximum atomic E-state index is 12.8. The summed E-state index contributed by atoms with van der Waals surface area (Å²) in [5, 5.41) is 3.65. The Morgan fingerprint density at radius 2 is 1.81 bits per heavy atom. The normalized spacial score (nSPS) is 11.8. The number of nitrogens with zero attached hydrogens (tertiary/aromatic N) is 1. The molecule has 0 aliphatic carbocycles. The molecule has 0 bridgehead atoms. The molecule has 1 N–H and O–H groups in total. The number of nitrogens with one attached hydrogen (secondary N) is 1. The second-order valence-corrected chi connectivity index (χ2v) is 6.12. The van der Waals surface area contributed by atoms with Gasteiger partial charge in [-0.05, 0) is 24.6 Å². The summed E-state index contributed by atoms with van der Waals surface area (Å²) < 4.78 is 4.86. The zero-order valence-corrected chi connectivity index (χ0v) is 14.7. The van der Waals surface area contributed by atoms with Crippen LogP contribution in [0.3, 0.4) is 0 Å². The van der Waals surface area contributed by atoms with Crippen molar-refractivity contribution < 1.29 is 14.3 Å². The van der Waals surface area contributed by atoms with Crippen molar-refractivity contribution in [3.05, 3.63) is 77.5 Å². The van der Waals surface area contributed by atoms with Gasteiger partial charge in [0.05, 0.1) is 18.2 Å². The van der Waals surface area contributed by atoms with E-state index < -0.39 is 12.0 Å². The highest BCUT2D eigenvalue weighted by atomic mass is 16.5. The van der Waals surface area contributed by atoms with Gasteiger partial charge in [0, 0.05) is 18.0 Å². The van der Waals surface area contributed by atoms with Crippen LogP contribution in [0.5, 0.6) is 0 Å². The fourth-order valence-corrected chi connectivity index (χ4v) is 2.82. The third kappa shape index (κ3) is 3.88. The lowest BCUT2D eigenvalue weighted by molar-refractivity contribution is -0.142. The molecule has 5 nitrogen and oxygen atoms in total. The molecule has 26 heavy (non-hydrogen) atoms. The smallest absolute Gasteiger partial charge is 0.328 e. The summed E-state index contributed by atoms with van der Waals surface area (Å²) in [5.74, 6) is -0.830. The Hall–Kier alpha value is -3.21. The molecular formula is C21H20N2O3. The average molecular weight is 348 g/mol. The van der Waals surface area contributed by atoms with Crippen molar-refractivity contribution in [2.45, 2.75) is 19.4 Å². The first-order valence-corrected chi connectivity index (χ1v) is 8.36. The van der Waals surface area contributed by atoms with Crippen LogP contribution in [0.25, 0.3) is 10.9 Å². The van der Waals surface area contributed by atoms with E-state index in [2.05, 4.69) is 10.3 Å². The third-order valence-corrected chi connectivity index (χ3v) is 4.23. The number of methoxy groups -OCH3 is 1. The van der Waals surface area contributed by atoms with E-state index in [0.717, 1.165) is 16.5 Å². The van der Waals surface area contributed by atoms with Crippen molar-refractivity contribution in [1.29, 1.82) is 0 Å². The first-order valence-electron chi connectivity index (χ1n) is 8.36. The number of amides is 1. The van der Waals surface area contributed by atoms with Crippen LogP contribution < -0.4 is 5.32 Å². The van der Waals surface area contributed by atoms with E-state index in [0.29, 0.717) is 17.5 Å². The number of para-hydroxylation sites is 1. The van der Waals surface area contributed by atoms with Gasteiger partial charge in [0.2, 0.25) is 0 Å². The number of aryl methyl sites for hydroxylation is 1. The van der Waals surface area contributed by atoms with Crippen LogP contribution in [-0.2, 0) is 16.0 Å². The van der Waals surface area contributed by atoms with Gasteiger partial charge in [0.25, 0.3) is 5.91 Å². The van der Waals surface area contributed by atoms with Gasteiger partial charge in [-0.1, -0.05) is 48.0 Å². The molecular weight excluding hydrogens is 328 g/mol. The molecule has 0 spiro atoms. The number of esters is 1. The molecule has 0 aliphatic heterocycles. The molecule has 0 radical (unpaired) electrons. The van der Waals surface area contributed by atoms with Crippen LogP contribution in [0.15, 0.2) is 60.8 Å². The Labute approximate surface area is 152 Å². The van der Waals surface area contributed by atoms with Gasteiger partial charge in [0.1, 0.15) is 6.04 Å². The average Bonchev–Trinajstić information content (AvgIpc) is 2.68. The number of pyridine rings is 1. The van der Waals surface area contributed by atoms with Crippen LogP contribution in [-0.4, -0.2) is 30.0 Å². The molecule has 1 heterocycles. The summed E-state index contributed by atoms with van der Waals surface area (Å²) in [7, 11) is 1.32. The molecule has 1 aromatic heterocycles. The Kier molecular flexibility index (Phi) is 5.27. The molecule has 0 aliphatic rings. The number of hydrogen-bond donors (Lipinski definition) is 1. The number of fused-ring (bicyclic) bond motifs is 1. The molecule has 3 rings (SSSR count). The minimum Gasteiger partial charge on any atom is -0.467 e. The van der Waals surface area contributed by atoms with Gasteiger partial charge >= 0.3 is 5.97 Å². The predicted octanol–water partition coefficient (Wildman–Crippen LogP) is 3.06. The second kappa shape index (κ2) is 7.78. The number of rotatable bonds is 5. The van der Waals surface area contributed by atoms with Gasteiger partial charge in [-0.25, -0.2) is 4.79 Å². The summed E-state index contributed by atoms with van der Waals surface area (Å²) in [6.45, 7) is 2.00. The third-order valence-electron chi connectivity index (χ3n) is 4.23. The molecule has 0 saturated heterocycles. The molecule has 3 aromatic rings. The molecule has 132 valence electrons. The topological polar surface area (TPSA) is 68.3 Å². The molecule has 0 fully saturated rings. The summed E-state index contributed by atoms with van der Waals surface area (Å²) in [6, 6.07) is 16.2. The van der Waals surface area contributed by atoms with E-state index in [1.54, 1.807) is 18.3 Å². The van der Waals surface area contributed by atoms with Crippen LogP contribution in [0.4, 0.5) is 0 Å². The van der Waals surface area contributed by atoms with Gasteiger partial charge < -0.3 is 10.1 Å². The fraction of sp³-hybridized carbons (Fsp3) is 0.190. The molecule has 2 aromatic carbocycles. The highest BCUT2D eigenvalue weighted by Gasteiger charge is 2.23. The van der Waals surface area contributed by atoms with Crippen molar-refractivity contribution >= 4 is 22.8 Å². The number of carbonyl (C=O) groups excluding carboxylic acids is 2. The van der Waals surface area contributed by atoms with Gasteiger partial charge in [-0.15, -0.1) is 0 Å². The van der Waals surface area contributed by atoms with Crippen molar-refractivity contribution in [3.63, 3.8) is 0 Å². The minimum absolute atomic E-state index is 0.350. The quantitative estimate of drug-likeness (QED) is 0.720. The highest BCUT2D eigenvalue weighted by Crippen LogP contribution is 2.16. The molecule has 0 unspecified atom stereocenters. The summed E-state index contributed by atoms with van der Waals surface area (Å²) in [4.78, 5) is 29.2. The van der Waals surface area contributed by atoms with Gasteiger partial charge in [-0.3, -0.25) is 9.78 Å². The Balaban J connectivity index is 1.85. The summed E-state index contributed by atoms with van der Waals surface area (Å²) in [6.07, 6.45) is 2.00. The fourth-order valence-electron chi connectivity index (χ4n) is 2.82. The van der Waals surface area contributed by atoms with Crippen LogP contribution >= 0.6 is 0 Å². The largest absolute Gasteiger partial charge is 0.467 e. The predicted molar refractivity (Wildman–Crippen MR) is 99.9 cm³/mol. The zero-order chi connectivity index (χ0) is 18.5. The number of benzene rings is 2. The lowest BCUT2D eigenvalue weighted by atomic mass is 10.0. The number of aromatic nitrogens is 1. The monoisotopic (exact) mass is 348 g/mol. The number of hydrogen-bond acceptors (Lipinski definition) is 4. The van der Waals surface area contributed by atoms with Gasteiger partial charge in [0.15, 0.2) is 0 Å². The van der Waals surface area contributed by atoms with Crippen LogP contribution in [0.1, 0.15) is 21.5 Å². The summed E-state index contributed by atoms with van der Waals surface area (Å²) in [5.41, 5.74) is 3.11. The van der Waals surface area contributed by atoms with E-state index in [-0.39, 0.29) is 5.91 Å². The maximum absolute atomic E-state index is 12.8. The highest BCUT2D eigenvalue weighted by molar-refractivity contribution is 6.06. The van der Waals surface area contributed by atoms with Crippen molar-refractivity contribution in [1.82, 2.24) is 10.3 Å². The van der Waals surface area contributed by atoms with E-state index in [1.165, 1.54) is 7.11 Å². The van der Waals surface area contributed by atoms with Crippen molar-refractivity contribution in [3.8, 4) is 0 Å².